The summed E-state index contributed by atoms with van der Waals surface area (Å²) in [4.78, 5) is 14.3. The zero-order valence-corrected chi connectivity index (χ0v) is 14.3. The lowest BCUT2D eigenvalue weighted by Crippen LogP contribution is -2.37. The molecule has 2 aromatic rings. The second kappa shape index (κ2) is 8.34. The summed E-state index contributed by atoms with van der Waals surface area (Å²) in [7, 11) is 3.95. The maximum atomic E-state index is 13.6. The molecule has 0 aromatic heterocycles. The Morgan fingerprint density at radius 3 is 2.42 bits per heavy atom. The minimum atomic E-state index is -0.719. The van der Waals surface area contributed by atoms with Gasteiger partial charge in [-0.05, 0) is 36.2 Å². The third-order valence-corrected chi connectivity index (χ3v) is 3.69. The lowest BCUT2D eigenvalue weighted by molar-refractivity contribution is -0.128. The molecule has 2 aromatic carbocycles. The van der Waals surface area contributed by atoms with Crippen LogP contribution in [-0.2, 0) is 11.3 Å². The number of hydrogen-bond acceptors (Lipinski definition) is 3. The number of rotatable bonds is 7. The zero-order chi connectivity index (χ0) is 17.5. The lowest BCUT2D eigenvalue weighted by Gasteiger charge is -2.18. The normalized spacial score (nSPS) is 11.7. The number of nitrogens with zero attached hydrogens (tertiary/aromatic N) is 1. The van der Waals surface area contributed by atoms with E-state index in [4.69, 9.17) is 4.74 Å². The van der Waals surface area contributed by atoms with E-state index in [-0.39, 0.29) is 11.7 Å². The highest BCUT2D eigenvalue weighted by atomic mass is 19.1. The van der Waals surface area contributed by atoms with Crippen molar-refractivity contribution in [1.82, 2.24) is 5.32 Å². The number of carbonyl (C=O) groups excluding carboxylic acids is 1. The van der Waals surface area contributed by atoms with Gasteiger partial charge in [0, 0.05) is 26.3 Å². The van der Waals surface area contributed by atoms with E-state index < -0.39 is 11.9 Å². The molecule has 0 saturated heterocycles. The first-order valence-corrected chi connectivity index (χ1v) is 7.96. The Bertz CT molecular complexity index is 671. The Morgan fingerprint density at radius 2 is 1.83 bits per heavy atom. The molecule has 0 aliphatic rings. The molecule has 24 heavy (non-hydrogen) atoms. The minimum absolute atomic E-state index is 0.0924. The zero-order valence-electron chi connectivity index (χ0n) is 14.3. The van der Waals surface area contributed by atoms with Crippen LogP contribution >= 0.6 is 0 Å². The number of ether oxygens (including phenoxy) is 1. The SMILES string of the molecule is CCC(Oc1ccccc1F)C(=O)NCc1ccc(N(C)C)cc1. The number of para-hydroxylation sites is 1. The number of carbonyl (C=O) groups is 1. The first kappa shape index (κ1) is 17.8. The molecular formula is C19H23FN2O2. The van der Waals surface area contributed by atoms with Gasteiger partial charge in [0.05, 0.1) is 0 Å². The van der Waals surface area contributed by atoms with Gasteiger partial charge >= 0.3 is 0 Å². The van der Waals surface area contributed by atoms with Gasteiger partial charge in [-0.3, -0.25) is 4.79 Å². The molecule has 0 aliphatic carbocycles. The maximum Gasteiger partial charge on any atom is 0.261 e. The van der Waals surface area contributed by atoms with Crippen LogP contribution in [0.25, 0.3) is 0 Å². The number of amides is 1. The average molecular weight is 330 g/mol. The highest BCUT2D eigenvalue weighted by Crippen LogP contribution is 2.18. The van der Waals surface area contributed by atoms with Crippen LogP contribution in [-0.4, -0.2) is 26.1 Å². The molecular weight excluding hydrogens is 307 g/mol. The van der Waals surface area contributed by atoms with Gasteiger partial charge in [0.1, 0.15) is 0 Å². The minimum Gasteiger partial charge on any atom is -0.478 e. The number of benzene rings is 2. The summed E-state index contributed by atoms with van der Waals surface area (Å²) in [5.74, 6) is -0.629. The van der Waals surface area contributed by atoms with Gasteiger partial charge < -0.3 is 15.0 Å². The lowest BCUT2D eigenvalue weighted by atomic mass is 10.2. The van der Waals surface area contributed by atoms with Crippen LogP contribution in [0.4, 0.5) is 10.1 Å². The summed E-state index contributed by atoms with van der Waals surface area (Å²) in [6, 6.07) is 14.0. The molecule has 0 spiro atoms. The van der Waals surface area contributed by atoms with Crippen molar-refractivity contribution in [3.05, 3.63) is 59.9 Å². The van der Waals surface area contributed by atoms with Crippen LogP contribution < -0.4 is 15.0 Å². The summed E-state index contributed by atoms with van der Waals surface area (Å²) in [6.45, 7) is 2.24. The fraction of sp³-hybridized carbons (Fsp3) is 0.316. The van der Waals surface area contributed by atoms with Crippen LogP contribution in [0.1, 0.15) is 18.9 Å². The van der Waals surface area contributed by atoms with E-state index in [1.807, 2.05) is 50.2 Å². The predicted octanol–water partition coefficient (Wildman–Crippen LogP) is 3.37. The number of anilines is 1. The Balaban J connectivity index is 1.93. The first-order chi connectivity index (χ1) is 11.5. The quantitative estimate of drug-likeness (QED) is 0.846. The molecule has 5 heteroatoms. The molecule has 0 heterocycles. The Hall–Kier alpha value is -2.56. The summed E-state index contributed by atoms with van der Waals surface area (Å²) in [6.07, 6.45) is -0.261. The van der Waals surface area contributed by atoms with Gasteiger partial charge in [0.25, 0.3) is 5.91 Å². The van der Waals surface area contributed by atoms with Crippen molar-refractivity contribution < 1.29 is 13.9 Å². The van der Waals surface area contributed by atoms with E-state index >= 15 is 0 Å². The second-order valence-corrected chi connectivity index (χ2v) is 5.72. The molecule has 0 bridgehead atoms. The van der Waals surface area contributed by atoms with Crippen molar-refractivity contribution in [2.75, 3.05) is 19.0 Å². The number of hydrogen-bond donors (Lipinski definition) is 1. The van der Waals surface area contributed by atoms with Gasteiger partial charge in [-0.1, -0.05) is 31.2 Å². The largest absolute Gasteiger partial charge is 0.478 e. The van der Waals surface area contributed by atoms with Crippen molar-refractivity contribution in [3.8, 4) is 5.75 Å². The molecule has 0 saturated carbocycles. The fourth-order valence-electron chi connectivity index (χ4n) is 2.23. The maximum absolute atomic E-state index is 13.6. The highest BCUT2D eigenvalue weighted by Gasteiger charge is 2.19. The Kier molecular flexibility index (Phi) is 6.18. The molecule has 1 amide bonds. The van der Waals surface area contributed by atoms with E-state index in [0.717, 1.165) is 11.3 Å². The summed E-state index contributed by atoms with van der Waals surface area (Å²) < 4.78 is 19.1. The number of nitrogens with one attached hydrogen (secondary N) is 1. The van der Waals surface area contributed by atoms with Crippen molar-refractivity contribution in [2.45, 2.75) is 26.0 Å². The molecule has 0 fully saturated rings. The van der Waals surface area contributed by atoms with Gasteiger partial charge in [0.15, 0.2) is 17.7 Å². The summed E-state index contributed by atoms with van der Waals surface area (Å²) >= 11 is 0. The second-order valence-electron chi connectivity index (χ2n) is 5.72. The van der Waals surface area contributed by atoms with Crippen molar-refractivity contribution in [3.63, 3.8) is 0 Å². The summed E-state index contributed by atoms with van der Waals surface area (Å²) in [5, 5.41) is 2.84. The topological polar surface area (TPSA) is 41.6 Å². The summed E-state index contributed by atoms with van der Waals surface area (Å²) in [5.41, 5.74) is 2.09. The van der Waals surface area contributed by atoms with Gasteiger partial charge in [-0.2, -0.15) is 0 Å². The van der Waals surface area contributed by atoms with Crippen LogP contribution in [0.5, 0.6) is 5.75 Å². The average Bonchev–Trinajstić information content (AvgIpc) is 2.59. The molecule has 2 rings (SSSR count). The van der Waals surface area contributed by atoms with Gasteiger partial charge in [-0.25, -0.2) is 4.39 Å². The van der Waals surface area contributed by atoms with Gasteiger partial charge in [0.2, 0.25) is 0 Å². The monoisotopic (exact) mass is 330 g/mol. The molecule has 1 N–H and O–H groups in total. The standard InChI is InChI=1S/C19H23FN2O2/c1-4-17(24-18-8-6-5-7-16(18)20)19(23)21-13-14-9-11-15(12-10-14)22(2)3/h5-12,17H,4,13H2,1-3H3,(H,21,23). The van der Waals surface area contributed by atoms with Crippen molar-refractivity contribution in [1.29, 1.82) is 0 Å². The van der Waals surface area contributed by atoms with Crippen molar-refractivity contribution in [2.24, 2.45) is 0 Å². The fourth-order valence-corrected chi connectivity index (χ4v) is 2.23. The molecule has 0 radical (unpaired) electrons. The van der Waals surface area contributed by atoms with Crippen LogP contribution in [0.15, 0.2) is 48.5 Å². The van der Waals surface area contributed by atoms with E-state index in [2.05, 4.69) is 5.32 Å². The highest BCUT2D eigenvalue weighted by molar-refractivity contribution is 5.81. The molecule has 1 atom stereocenters. The van der Waals surface area contributed by atoms with Gasteiger partial charge in [-0.15, -0.1) is 0 Å². The molecule has 128 valence electrons. The van der Waals surface area contributed by atoms with Crippen LogP contribution in [0.2, 0.25) is 0 Å². The molecule has 1 unspecified atom stereocenters. The van der Waals surface area contributed by atoms with E-state index in [0.29, 0.717) is 13.0 Å². The van der Waals surface area contributed by atoms with E-state index in [1.54, 1.807) is 12.1 Å². The Morgan fingerprint density at radius 1 is 1.17 bits per heavy atom. The molecule has 0 aliphatic heterocycles. The number of halogens is 1. The Labute approximate surface area is 142 Å². The van der Waals surface area contributed by atoms with E-state index in [9.17, 15) is 9.18 Å². The smallest absolute Gasteiger partial charge is 0.261 e. The van der Waals surface area contributed by atoms with Crippen LogP contribution in [0, 0.1) is 5.82 Å². The third-order valence-electron chi connectivity index (χ3n) is 3.69. The van der Waals surface area contributed by atoms with E-state index in [1.165, 1.54) is 12.1 Å². The van der Waals surface area contributed by atoms with Crippen molar-refractivity contribution >= 4 is 11.6 Å². The first-order valence-electron chi connectivity index (χ1n) is 7.96. The molecule has 4 nitrogen and oxygen atoms in total. The third kappa shape index (κ3) is 4.72. The van der Waals surface area contributed by atoms with Crippen LogP contribution in [0.3, 0.4) is 0 Å². The predicted molar refractivity (Wildman–Crippen MR) is 93.7 cm³/mol.